The van der Waals surface area contributed by atoms with E-state index in [9.17, 15) is 4.79 Å². The number of carbonyl (C=O) groups is 1. The van der Waals surface area contributed by atoms with Crippen LogP contribution in [0.4, 0.5) is 0 Å². The van der Waals surface area contributed by atoms with Crippen molar-refractivity contribution >= 4 is 16.9 Å². The minimum atomic E-state index is -0.878. The van der Waals surface area contributed by atoms with Crippen molar-refractivity contribution in [2.24, 2.45) is 5.73 Å². The lowest BCUT2D eigenvalue weighted by Gasteiger charge is -2.13. The third kappa shape index (κ3) is 4.21. The summed E-state index contributed by atoms with van der Waals surface area (Å²) in [7, 11) is 0. The number of aryl methyl sites for hydroxylation is 1. The number of rotatable bonds is 7. The number of carboxylic acid groups (broad SMARTS) is 1. The van der Waals surface area contributed by atoms with E-state index >= 15 is 0 Å². The van der Waals surface area contributed by atoms with Gasteiger partial charge in [-0.1, -0.05) is 35.9 Å². The molecule has 0 aliphatic carbocycles. The molecule has 5 heteroatoms. The first-order valence-electron chi connectivity index (χ1n) is 9.87. The number of fused-ring (bicyclic) bond motifs is 1. The maximum Gasteiger partial charge on any atom is 0.307 e. The van der Waals surface area contributed by atoms with Crippen molar-refractivity contribution in [2.75, 3.05) is 0 Å². The summed E-state index contributed by atoms with van der Waals surface area (Å²) in [6.07, 6.45) is 1.87. The molecule has 4 aromatic rings. The Bertz CT molecular complexity index is 1210. The van der Waals surface area contributed by atoms with Crippen molar-refractivity contribution < 1.29 is 14.6 Å². The smallest absolute Gasteiger partial charge is 0.307 e. The summed E-state index contributed by atoms with van der Waals surface area (Å²) in [4.78, 5) is 14.5. The van der Waals surface area contributed by atoms with Gasteiger partial charge in [-0.15, -0.1) is 0 Å². The largest absolute Gasteiger partial charge is 0.489 e. The molecule has 1 aromatic heterocycles. The number of aliphatic carboxylic acids is 1. The van der Waals surface area contributed by atoms with Crippen LogP contribution < -0.4 is 10.5 Å². The van der Waals surface area contributed by atoms with Crippen molar-refractivity contribution in [3.63, 3.8) is 0 Å². The predicted molar refractivity (Wildman–Crippen MR) is 118 cm³/mol. The van der Waals surface area contributed by atoms with E-state index < -0.39 is 5.97 Å². The van der Waals surface area contributed by atoms with Gasteiger partial charge in [0.25, 0.3) is 0 Å². The van der Waals surface area contributed by atoms with Gasteiger partial charge in [-0.2, -0.15) is 0 Å². The number of hydrogen-bond donors (Lipinski definition) is 3. The fourth-order valence-electron chi connectivity index (χ4n) is 3.80. The summed E-state index contributed by atoms with van der Waals surface area (Å²) in [6.45, 7) is 2.91. The van der Waals surface area contributed by atoms with Gasteiger partial charge >= 0.3 is 5.97 Å². The molecule has 152 valence electrons. The van der Waals surface area contributed by atoms with Crippen LogP contribution in [0, 0.1) is 6.92 Å². The van der Waals surface area contributed by atoms with Crippen LogP contribution >= 0.6 is 0 Å². The molecular weight excluding hydrogens is 376 g/mol. The topological polar surface area (TPSA) is 88.3 Å². The molecule has 0 amide bonds. The molecule has 0 unspecified atom stereocenters. The van der Waals surface area contributed by atoms with Crippen LogP contribution in [0.2, 0.25) is 0 Å². The van der Waals surface area contributed by atoms with E-state index in [4.69, 9.17) is 15.6 Å². The quantitative estimate of drug-likeness (QED) is 0.415. The van der Waals surface area contributed by atoms with Crippen LogP contribution in [0.1, 0.15) is 22.3 Å². The summed E-state index contributed by atoms with van der Waals surface area (Å²) in [5.41, 5.74) is 13.1. The molecule has 4 N–H and O–H groups in total. The van der Waals surface area contributed by atoms with Crippen molar-refractivity contribution in [2.45, 2.75) is 26.5 Å². The molecule has 5 nitrogen and oxygen atoms in total. The van der Waals surface area contributed by atoms with E-state index in [0.29, 0.717) is 24.5 Å². The van der Waals surface area contributed by atoms with Crippen molar-refractivity contribution in [1.29, 1.82) is 0 Å². The number of aromatic nitrogens is 1. The van der Waals surface area contributed by atoms with Gasteiger partial charge in [0.2, 0.25) is 0 Å². The number of nitrogens with two attached hydrogens (primary N) is 1. The van der Waals surface area contributed by atoms with Crippen LogP contribution in [0.15, 0.2) is 66.9 Å². The maximum absolute atomic E-state index is 11.1. The molecule has 0 aliphatic rings. The van der Waals surface area contributed by atoms with Crippen LogP contribution in [0.3, 0.4) is 0 Å². The van der Waals surface area contributed by atoms with Gasteiger partial charge in [0, 0.05) is 29.3 Å². The molecular formula is C25H24N2O3. The number of aromatic amines is 1. The minimum Gasteiger partial charge on any atom is -0.489 e. The fourth-order valence-corrected chi connectivity index (χ4v) is 3.80. The van der Waals surface area contributed by atoms with Gasteiger partial charge in [-0.25, -0.2) is 0 Å². The Morgan fingerprint density at radius 2 is 1.90 bits per heavy atom. The lowest BCUT2D eigenvalue weighted by atomic mass is 9.97. The van der Waals surface area contributed by atoms with Crippen molar-refractivity contribution in [3.8, 4) is 16.9 Å². The molecule has 0 spiro atoms. The summed E-state index contributed by atoms with van der Waals surface area (Å²) >= 11 is 0. The number of benzene rings is 3. The van der Waals surface area contributed by atoms with E-state index in [2.05, 4.69) is 42.2 Å². The van der Waals surface area contributed by atoms with Crippen LogP contribution in [0.5, 0.6) is 5.75 Å². The van der Waals surface area contributed by atoms with Gasteiger partial charge in [0.15, 0.2) is 0 Å². The molecule has 1 heterocycles. The third-order valence-corrected chi connectivity index (χ3v) is 5.11. The normalized spacial score (nSPS) is 11.0. The van der Waals surface area contributed by atoms with Crippen LogP contribution in [-0.2, 0) is 24.4 Å². The first-order valence-corrected chi connectivity index (χ1v) is 9.87. The zero-order valence-corrected chi connectivity index (χ0v) is 16.8. The van der Waals surface area contributed by atoms with Gasteiger partial charge in [0.05, 0.1) is 11.9 Å². The molecule has 3 aromatic carbocycles. The highest BCUT2D eigenvalue weighted by molar-refractivity contribution is 5.95. The lowest BCUT2D eigenvalue weighted by Crippen LogP contribution is -2.04. The molecule has 0 aliphatic heterocycles. The monoisotopic (exact) mass is 400 g/mol. The summed E-state index contributed by atoms with van der Waals surface area (Å²) in [5.74, 6) is -0.283. The van der Waals surface area contributed by atoms with Crippen LogP contribution in [0.25, 0.3) is 22.0 Å². The Kier molecular flexibility index (Phi) is 5.55. The molecule has 0 atom stereocenters. The second-order valence-corrected chi connectivity index (χ2v) is 7.46. The predicted octanol–water partition coefficient (Wildman–Crippen LogP) is 4.81. The molecule has 30 heavy (non-hydrogen) atoms. The van der Waals surface area contributed by atoms with Crippen molar-refractivity contribution in [1.82, 2.24) is 4.98 Å². The maximum atomic E-state index is 11.1. The van der Waals surface area contributed by atoms with E-state index in [1.165, 1.54) is 0 Å². The Morgan fingerprint density at radius 1 is 1.07 bits per heavy atom. The molecule has 0 fully saturated rings. The number of para-hydroxylation sites is 1. The summed E-state index contributed by atoms with van der Waals surface area (Å²) in [6, 6.07) is 19.9. The second-order valence-electron chi connectivity index (χ2n) is 7.46. The van der Waals surface area contributed by atoms with Gasteiger partial charge in [-0.3, -0.25) is 4.79 Å². The molecule has 4 rings (SSSR count). The first kappa shape index (κ1) is 19.7. The van der Waals surface area contributed by atoms with E-state index in [1.54, 1.807) is 6.07 Å². The second kappa shape index (κ2) is 8.43. The van der Waals surface area contributed by atoms with Crippen LogP contribution in [-0.4, -0.2) is 16.1 Å². The summed E-state index contributed by atoms with van der Waals surface area (Å²) < 4.78 is 6.02. The number of nitrogens with one attached hydrogen (secondary N) is 1. The SMILES string of the molecule is Cc1cc(CN)cc(-c2cc(COc3ccccc3CC(=O)O)cc3cc[nH]c23)c1. The Hall–Kier alpha value is -3.57. The third-order valence-electron chi connectivity index (χ3n) is 5.11. The van der Waals surface area contributed by atoms with E-state index in [0.717, 1.165) is 38.7 Å². The van der Waals surface area contributed by atoms with E-state index in [-0.39, 0.29) is 6.42 Å². The summed E-state index contributed by atoms with van der Waals surface area (Å²) in [5, 5.41) is 10.2. The zero-order chi connectivity index (χ0) is 21.1. The Morgan fingerprint density at radius 3 is 2.70 bits per heavy atom. The average molecular weight is 400 g/mol. The fraction of sp³-hybridized carbons (Fsp3) is 0.160. The number of carboxylic acids is 1. The lowest BCUT2D eigenvalue weighted by molar-refractivity contribution is -0.136. The highest BCUT2D eigenvalue weighted by Gasteiger charge is 2.11. The number of hydrogen-bond acceptors (Lipinski definition) is 3. The standard InChI is InChI=1S/C25H24N2O3/c1-16-8-17(14-26)10-21(9-16)22-12-18(11-20-6-7-27-25(20)22)15-30-23-5-3-2-4-19(23)13-24(28)29/h2-12,27H,13-15,26H2,1H3,(H,28,29). The molecule has 0 radical (unpaired) electrons. The minimum absolute atomic E-state index is 0.0660. The molecule has 0 saturated heterocycles. The highest BCUT2D eigenvalue weighted by atomic mass is 16.5. The van der Waals surface area contributed by atoms with Crippen molar-refractivity contribution in [3.05, 3.63) is 89.1 Å². The average Bonchev–Trinajstić information content (AvgIpc) is 3.20. The molecule has 0 bridgehead atoms. The zero-order valence-electron chi connectivity index (χ0n) is 16.8. The van der Waals surface area contributed by atoms with E-state index in [1.807, 2.05) is 30.5 Å². The highest BCUT2D eigenvalue weighted by Crippen LogP contribution is 2.31. The van der Waals surface area contributed by atoms with Gasteiger partial charge in [0.1, 0.15) is 12.4 Å². The Labute approximate surface area is 175 Å². The number of H-pyrrole nitrogens is 1. The first-order chi connectivity index (χ1) is 14.5. The van der Waals surface area contributed by atoms with Gasteiger partial charge in [-0.05, 0) is 53.9 Å². The van der Waals surface area contributed by atoms with Gasteiger partial charge < -0.3 is 20.6 Å². The molecule has 0 saturated carbocycles. The number of ether oxygens (including phenoxy) is 1. The Balaban J connectivity index is 1.69.